The van der Waals surface area contributed by atoms with Crippen LogP contribution in [0.25, 0.3) is 0 Å². The van der Waals surface area contributed by atoms with Crippen molar-refractivity contribution in [2.75, 3.05) is 6.54 Å². The fraction of sp³-hybridized carbons (Fsp3) is 0.789. The van der Waals surface area contributed by atoms with Crippen LogP contribution < -0.4 is 21.7 Å². The fourth-order valence-corrected chi connectivity index (χ4v) is 2.47. The molecule has 0 bridgehead atoms. The first kappa shape index (κ1) is 25.8. The van der Waals surface area contributed by atoms with Crippen LogP contribution in [-0.2, 0) is 19.2 Å². The number of nitrogens with one attached hydrogen (secondary N) is 3. The maximum atomic E-state index is 12.9. The zero-order chi connectivity index (χ0) is 22.0. The minimum atomic E-state index is -1.17. The molecular weight excluding hydrogens is 364 g/mol. The third kappa shape index (κ3) is 8.24. The zero-order valence-electron chi connectivity index (χ0n) is 17.7. The monoisotopic (exact) mass is 400 g/mol. The Kier molecular flexibility index (Phi) is 11.4. The summed E-state index contributed by atoms with van der Waals surface area (Å²) in [6.45, 7) is 10.5. The third-order valence-corrected chi connectivity index (χ3v) is 5.02. The molecule has 0 saturated carbocycles. The van der Waals surface area contributed by atoms with E-state index < -0.39 is 48.4 Å². The molecule has 0 heterocycles. The maximum Gasteiger partial charge on any atom is 0.322 e. The van der Waals surface area contributed by atoms with Gasteiger partial charge < -0.3 is 26.8 Å². The second kappa shape index (κ2) is 12.3. The highest BCUT2D eigenvalue weighted by atomic mass is 16.4. The van der Waals surface area contributed by atoms with Crippen LogP contribution in [0.5, 0.6) is 0 Å². The molecule has 0 aliphatic heterocycles. The Morgan fingerprint density at radius 2 is 1.25 bits per heavy atom. The second-order valence-corrected chi connectivity index (χ2v) is 7.62. The highest BCUT2D eigenvalue weighted by Gasteiger charge is 2.33. The van der Waals surface area contributed by atoms with Crippen molar-refractivity contribution in [1.29, 1.82) is 0 Å². The second-order valence-electron chi connectivity index (χ2n) is 7.62. The molecule has 0 radical (unpaired) electrons. The average Bonchev–Trinajstić information content (AvgIpc) is 2.65. The van der Waals surface area contributed by atoms with E-state index in [1.165, 1.54) is 0 Å². The quantitative estimate of drug-likeness (QED) is 0.316. The SMILES string of the molecule is CCC(C)C(NC(=O)C(N)C(C)C)C(=O)NC(C(=O)NCC(=O)O)C(C)CC. The Labute approximate surface area is 167 Å². The summed E-state index contributed by atoms with van der Waals surface area (Å²) in [7, 11) is 0. The van der Waals surface area contributed by atoms with Crippen LogP contribution in [-0.4, -0.2) is 53.5 Å². The number of amides is 3. The fourth-order valence-electron chi connectivity index (χ4n) is 2.47. The molecule has 0 fully saturated rings. The molecule has 0 aromatic rings. The standard InChI is InChI=1S/C19H36N4O5/c1-7-11(5)15(18(27)21-9-13(24)25)23-19(28)16(12(6)8-2)22-17(26)14(20)10(3)4/h10-12,14-16H,7-9,20H2,1-6H3,(H,21,27)(H,22,26)(H,23,28)(H,24,25). The van der Waals surface area contributed by atoms with Crippen molar-refractivity contribution in [3.8, 4) is 0 Å². The minimum absolute atomic E-state index is 0.0877. The van der Waals surface area contributed by atoms with Crippen LogP contribution in [0.15, 0.2) is 0 Å². The summed E-state index contributed by atoms with van der Waals surface area (Å²) >= 11 is 0. The number of hydrogen-bond acceptors (Lipinski definition) is 5. The molecule has 5 atom stereocenters. The molecule has 5 unspecified atom stereocenters. The summed E-state index contributed by atoms with van der Waals surface area (Å²) in [5.74, 6) is -3.14. The molecule has 0 aromatic carbocycles. The Balaban J connectivity index is 5.38. The number of carbonyl (C=O) groups excluding carboxylic acids is 3. The van der Waals surface area contributed by atoms with Crippen molar-refractivity contribution in [2.45, 2.75) is 72.5 Å². The highest BCUT2D eigenvalue weighted by molar-refractivity contribution is 5.94. The van der Waals surface area contributed by atoms with Gasteiger partial charge in [-0.15, -0.1) is 0 Å². The Morgan fingerprint density at radius 3 is 1.64 bits per heavy atom. The molecule has 0 aliphatic rings. The number of carboxylic acids is 1. The number of nitrogens with two attached hydrogens (primary N) is 1. The van der Waals surface area contributed by atoms with E-state index in [4.69, 9.17) is 10.8 Å². The summed E-state index contributed by atoms with van der Waals surface area (Å²) < 4.78 is 0. The number of aliphatic carboxylic acids is 1. The lowest BCUT2D eigenvalue weighted by Gasteiger charge is -2.29. The molecule has 0 rings (SSSR count). The number of carboxylic acid groups (broad SMARTS) is 1. The lowest BCUT2D eigenvalue weighted by Crippen LogP contribution is -2.59. The van der Waals surface area contributed by atoms with Gasteiger partial charge in [0.05, 0.1) is 6.04 Å². The first-order valence-corrected chi connectivity index (χ1v) is 9.81. The predicted molar refractivity (Wildman–Crippen MR) is 106 cm³/mol. The predicted octanol–water partition coefficient (Wildman–Crippen LogP) is 0.232. The number of carbonyl (C=O) groups is 4. The largest absolute Gasteiger partial charge is 0.480 e. The van der Waals surface area contributed by atoms with Gasteiger partial charge in [-0.3, -0.25) is 19.2 Å². The summed E-state index contributed by atoms with van der Waals surface area (Å²) in [4.78, 5) is 48.3. The first-order valence-electron chi connectivity index (χ1n) is 9.81. The summed E-state index contributed by atoms with van der Waals surface area (Å²) in [6.07, 6.45) is 1.23. The van der Waals surface area contributed by atoms with Crippen molar-refractivity contribution in [3.63, 3.8) is 0 Å². The van der Waals surface area contributed by atoms with E-state index in [0.29, 0.717) is 12.8 Å². The van der Waals surface area contributed by atoms with Crippen LogP contribution >= 0.6 is 0 Å². The molecular formula is C19H36N4O5. The number of rotatable bonds is 12. The van der Waals surface area contributed by atoms with Crippen molar-refractivity contribution in [3.05, 3.63) is 0 Å². The normalized spacial score (nSPS) is 16.4. The van der Waals surface area contributed by atoms with Crippen LogP contribution in [0, 0.1) is 17.8 Å². The van der Waals surface area contributed by atoms with Crippen LogP contribution in [0.3, 0.4) is 0 Å². The van der Waals surface area contributed by atoms with Gasteiger partial charge in [-0.1, -0.05) is 54.4 Å². The molecule has 0 saturated heterocycles. The van der Waals surface area contributed by atoms with E-state index in [2.05, 4.69) is 16.0 Å². The topological polar surface area (TPSA) is 151 Å². The van der Waals surface area contributed by atoms with Gasteiger partial charge in [0.1, 0.15) is 18.6 Å². The number of hydrogen-bond donors (Lipinski definition) is 5. The van der Waals surface area contributed by atoms with Crippen molar-refractivity contribution >= 4 is 23.7 Å². The van der Waals surface area contributed by atoms with Gasteiger partial charge in [0, 0.05) is 0 Å². The van der Waals surface area contributed by atoms with Gasteiger partial charge in [-0.25, -0.2) is 0 Å². The molecule has 6 N–H and O–H groups in total. The Hall–Kier alpha value is -2.16. The van der Waals surface area contributed by atoms with Gasteiger partial charge in [0.15, 0.2) is 0 Å². The Morgan fingerprint density at radius 1 is 0.821 bits per heavy atom. The van der Waals surface area contributed by atoms with E-state index in [1.54, 1.807) is 6.92 Å². The smallest absolute Gasteiger partial charge is 0.322 e. The molecule has 28 heavy (non-hydrogen) atoms. The lowest BCUT2D eigenvalue weighted by molar-refractivity contribution is -0.139. The molecule has 9 nitrogen and oxygen atoms in total. The van der Waals surface area contributed by atoms with Gasteiger partial charge in [-0.05, 0) is 17.8 Å². The highest BCUT2D eigenvalue weighted by Crippen LogP contribution is 2.13. The van der Waals surface area contributed by atoms with Crippen LogP contribution in [0.4, 0.5) is 0 Å². The summed E-state index contributed by atoms with van der Waals surface area (Å²) in [5, 5.41) is 16.4. The molecule has 0 aromatic heterocycles. The minimum Gasteiger partial charge on any atom is -0.480 e. The molecule has 3 amide bonds. The average molecular weight is 401 g/mol. The van der Waals surface area contributed by atoms with E-state index in [-0.39, 0.29) is 17.8 Å². The van der Waals surface area contributed by atoms with Crippen LogP contribution in [0.1, 0.15) is 54.4 Å². The van der Waals surface area contributed by atoms with E-state index in [0.717, 1.165) is 0 Å². The molecule has 162 valence electrons. The van der Waals surface area contributed by atoms with E-state index >= 15 is 0 Å². The third-order valence-electron chi connectivity index (χ3n) is 5.02. The van der Waals surface area contributed by atoms with E-state index in [9.17, 15) is 19.2 Å². The zero-order valence-corrected chi connectivity index (χ0v) is 17.7. The van der Waals surface area contributed by atoms with Gasteiger partial charge in [-0.2, -0.15) is 0 Å². The molecule has 0 spiro atoms. The Bertz CT molecular complexity index is 552. The van der Waals surface area contributed by atoms with Crippen molar-refractivity contribution in [2.24, 2.45) is 23.5 Å². The lowest BCUT2D eigenvalue weighted by atomic mass is 9.94. The van der Waals surface area contributed by atoms with E-state index in [1.807, 2.05) is 34.6 Å². The summed E-state index contributed by atoms with van der Waals surface area (Å²) in [5.41, 5.74) is 5.87. The van der Waals surface area contributed by atoms with Crippen molar-refractivity contribution < 1.29 is 24.3 Å². The maximum absolute atomic E-state index is 12.9. The molecule has 9 heteroatoms. The van der Waals surface area contributed by atoms with Gasteiger partial charge in [0.25, 0.3) is 0 Å². The first-order chi connectivity index (χ1) is 13.0. The molecule has 0 aliphatic carbocycles. The van der Waals surface area contributed by atoms with Gasteiger partial charge >= 0.3 is 5.97 Å². The van der Waals surface area contributed by atoms with Crippen molar-refractivity contribution in [1.82, 2.24) is 16.0 Å². The van der Waals surface area contributed by atoms with Crippen LogP contribution in [0.2, 0.25) is 0 Å². The van der Waals surface area contributed by atoms with Gasteiger partial charge in [0.2, 0.25) is 17.7 Å². The summed E-state index contributed by atoms with van der Waals surface area (Å²) in [6, 6.07) is -2.50.